The van der Waals surface area contributed by atoms with Gasteiger partial charge in [0.2, 0.25) is 5.91 Å². The SMILES string of the molecule is C=CC(=O)N1CC[C@H](N(C)Cc2ccc(-c3ccnc4nc(-c5ccc(OC)cc5)[nH]c34)cc2)C1. The van der Waals surface area contributed by atoms with Crippen LogP contribution >= 0.6 is 0 Å². The predicted molar refractivity (Wildman–Crippen MR) is 138 cm³/mol. The summed E-state index contributed by atoms with van der Waals surface area (Å²) in [5.74, 6) is 1.61. The van der Waals surface area contributed by atoms with Crippen molar-refractivity contribution in [2.75, 3.05) is 27.2 Å². The van der Waals surface area contributed by atoms with Crippen LogP contribution in [0.15, 0.2) is 73.4 Å². The molecule has 0 spiro atoms. The third-order valence-electron chi connectivity index (χ3n) is 6.73. The Hall–Kier alpha value is -3.97. The molecule has 1 aliphatic heterocycles. The first-order valence-corrected chi connectivity index (χ1v) is 11.8. The van der Waals surface area contributed by atoms with Gasteiger partial charge < -0.3 is 14.6 Å². The second-order valence-corrected chi connectivity index (χ2v) is 8.91. The van der Waals surface area contributed by atoms with E-state index in [9.17, 15) is 4.79 Å². The molecule has 1 aliphatic rings. The lowest BCUT2D eigenvalue weighted by Crippen LogP contribution is -2.35. The van der Waals surface area contributed by atoms with Crippen LogP contribution in [0, 0.1) is 0 Å². The molecule has 178 valence electrons. The van der Waals surface area contributed by atoms with E-state index in [1.807, 2.05) is 35.2 Å². The van der Waals surface area contributed by atoms with Crippen molar-refractivity contribution in [2.45, 2.75) is 19.0 Å². The molecule has 0 saturated carbocycles. The van der Waals surface area contributed by atoms with Gasteiger partial charge in [0.25, 0.3) is 0 Å². The Kier molecular flexibility index (Phi) is 6.33. The largest absolute Gasteiger partial charge is 0.497 e. The number of methoxy groups -OCH3 is 1. The van der Waals surface area contributed by atoms with E-state index in [4.69, 9.17) is 9.72 Å². The number of imidazole rings is 1. The minimum absolute atomic E-state index is 0.0165. The van der Waals surface area contributed by atoms with E-state index in [-0.39, 0.29) is 5.91 Å². The van der Waals surface area contributed by atoms with E-state index in [2.05, 4.69) is 52.8 Å². The number of likely N-dealkylation sites (N-methyl/N-ethyl adjacent to an activating group) is 1. The fourth-order valence-corrected chi connectivity index (χ4v) is 4.67. The van der Waals surface area contributed by atoms with E-state index in [0.717, 1.165) is 59.8 Å². The van der Waals surface area contributed by atoms with E-state index in [0.29, 0.717) is 11.7 Å². The third kappa shape index (κ3) is 4.68. The highest BCUT2D eigenvalue weighted by molar-refractivity contribution is 5.91. The second kappa shape index (κ2) is 9.72. The number of nitrogens with zero attached hydrogens (tertiary/aromatic N) is 4. The number of hydrogen-bond acceptors (Lipinski definition) is 5. The number of benzene rings is 2. The number of H-pyrrole nitrogens is 1. The van der Waals surface area contributed by atoms with Gasteiger partial charge >= 0.3 is 0 Å². The van der Waals surface area contributed by atoms with Crippen LogP contribution in [0.5, 0.6) is 5.75 Å². The Balaban J connectivity index is 1.33. The van der Waals surface area contributed by atoms with Gasteiger partial charge in [0.05, 0.1) is 12.6 Å². The molecule has 2 aromatic carbocycles. The molecule has 35 heavy (non-hydrogen) atoms. The molecule has 7 heteroatoms. The molecule has 0 radical (unpaired) electrons. The van der Waals surface area contributed by atoms with Crippen LogP contribution < -0.4 is 4.74 Å². The molecule has 0 unspecified atom stereocenters. The number of fused-ring (bicyclic) bond motifs is 1. The van der Waals surface area contributed by atoms with Gasteiger partial charge in [0.1, 0.15) is 11.6 Å². The molecule has 4 aromatic rings. The number of ether oxygens (including phenoxy) is 1. The Morgan fingerprint density at radius 2 is 1.91 bits per heavy atom. The molecule has 3 heterocycles. The highest BCUT2D eigenvalue weighted by Crippen LogP contribution is 2.29. The summed E-state index contributed by atoms with van der Waals surface area (Å²) in [6.45, 7) is 5.98. The lowest BCUT2D eigenvalue weighted by Gasteiger charge is -2.24. The number of pyridine rings is 1. The van der Waals surface area contributed by atoms with E-state index in [1.165, 1.54) is 11.6 Å². The van der Waals surface area contributed by atoms with E-state index >= 15 is 0 Å². The molecule has 5 rings (SSSR count). The molecule has 2 aromatic heterocycles. The summed E-state index contributed by atoms with van der Waals surface area (Å²) >= 11 is 0. The maximum absolute atomic E-state index is 11.9. The summed E-state index contributed by atoms with van der Waals surface area (Å²) in [4.78, 5) is 28.7. The van der Waals surface area contributed by atoms with E-state index in [1.54, 1.807) is 13.3 Å². The average Bonchev–Trinajstić information content (AvgIpc) is 3.57. The van der Waals surface area contributed by atoms with E-state index < -0.39 is 0 Å². The lowest BCUT2D eigenvalue weighted by molar-refractivity contribution is -0.125. The molecule has 1 fully saturated rings. The summed E-state index contributed by atoms with van der Waals surface area (Å²) in [6.07, 6.45) is 4.19. The maximum atomic E-state index is 11.9. The van der Waals surface area contributed by atoms with Crippen molar-refractivity contribution in [3.8, 4) is 28.3 Å². The number of aromatic amines is 1. The summed E-state index contributed by atoms with van der Waals surface area (Å²) in [5, 5.41) is 0. The molecule has 0 aliphatic carbocycles. The van der Waals surface area contributed by atoms with Crippen LogP contribution in [-0.2, 0) is 11.3 Å². The van der Waals surface area contributed by atoms with Gasteiger partial charge in [-0.25, -0.2) is 9.97 Å². The first-order valence-electron chi connectivity index (χ1n) is 11.8. The van der Waals surface area contributed by atoms with Crippen molar-refractivity contribution in [1.29, 1.82) is 0 Å². The van der Waals surface area contributed by atoms with Gasteiger partial charge in [-0.1, -0.05) is 30.8 Å². The normalized spacial score (nSPS) is 15.6. The van der Waals surface area contributed by atoms with Crippen LogP contribution in [-0.4, -0.2) is 63.9 Å². The summed E-state index contributed by atoms with van der Waals surface area (Å²) in [7, 11) is 3.78. The van der Waals surface area contributed by atoms with Crippen LogP contribution in [0.4, 0.5) is 0 Å². The number of hydrogen-bond donors (Lipinski definition) is 1. The molecule has 1 atom stereocenters. The number of nitrogens with one attached hydrogen (secondary N) is 1. The number of likely N-dealkylation sites (tertiary alicyclic amines) is 1. The van der Waals surface area contributed by atoms with Gasteiger partial charge in [-0.3, -0.25) is 9.69 Å². The molecule has 7 nitrogen and oxygen atoms in total. The first kappa shape index (κ1) is 22.8. The fraction of sp³-hybridized carbons (Fsp3) is 0.250. The molecule has 1 amide bonds. The van der Waals surface area contributed by atoms with Crippen molar-refractivity contribution >= 4 is 17.1 Å². The van der Waals surface area contributed by atoms with Gasteiger partial charge in [0.15, 0.2) is 5.65 Å². The summed E-state index contributed by atoms with van der Waals surface area (Å²) < 4.78 is 5.26. The lowest BCUT2D eigenvalue weighted by atomic mass is 10.0. The zero-order chi connectivity index (χ0) is 24.4. The van der Waals surface area contributed by atoms with Gasteiger partial charge in [-0.05, 0) is 61.0 Å². The zero-order valence-electron chi connectivity index (χ0n) is 20.1. The Morgan fingerprint density at radius 1 is 1.17 bits per heavy atom. The first-order chi connectivity index (χ1) is 17.1. The molecular weight excluding hydrogens is 438 g/mol. The molecule has 1 saturated heterocycles. The summed E-state index contributed by atoms with van der Waals surface area (Å²) in [5.41, 5.74) is 6.00. The van der Waals surface area contributed by atoms with Gasteiger partial charge in [-0.15, -0.1) is 0 Å². The summed E-state index contributed by atoms with van der Waals surface area (Å²) in [6, 6.07) is 18.8. The Bertz CT molecular complexity index is 1340. The molecule has 1 N–H and O–H groups in total. The van der Waals surface area contributed by atoms with Crippen LogP contribution in [0.2, 0.25) is 0 Å². The molecule has 0 bridgehead atoms. The van der Waals surface area contributed by atoms with Crippen LogP contribution in [0.3, 0.4) is 0 Å². The Morgan fingerprint density at radius 3 is 2.63 bits per heavy atom. The van der Waals surface area contributed by atoms with Crippen molar-refractivity contribution in [3.63, 3.8) is 0 Å². The second-order valence-electron chi connectivity index (χ2n) is 8.91. The number of aromatic nitrogens is 3. The highest BCUT2D eigenvalue weighted by Gasteiger charge is 2.27. The minimum atomic E-state index is 0.0165. The van der Waals surface area contributed by atoms with Crippen molar-refractivity contribution in [3.05, 3.63) is 79.0 Å². The topological polar surface area (TPSA) is 74.3 Å². The zero-order valence-corrected chi connectivity index (χ0v) is 20.1. The quantitative estimate of drug-likeness (QED) is 0.405. The number of carbonyl (C=O) groups is 1. The average molecular weight is 468 g/mol. The number of amides is 1. The van der Waals surface area contributed by atoms with Gasteiger partial charge in [-0.2, -0.15) is 0 Å². The molecular formula is C28H29N5O2. The van der Waals surface area contributed by atoms with Crippen LogP contribution in [0.1, 0.15) is 12.0 Å². The van der Waals surface area contributed by atoms with Crippen molar-refractivity contribution in [1.82, 2.24) is 24.8 Å². The maximum Gasteiger partial charge on any atom is 0.246 e. The number of carbonyl (C=O) groups excluding carboxylic acids is 1. The van der Waals surface area contributed by atoms with Crippen molar-refractivity contribution < 1.29 is 9.53 Å². The fourth-order valence-electron chi connectivity index (χ4n) is 4.67. The highest BCUT2D eigenvalue weighted by atomic mass is 16.5. The predicted octanol–water partition coefficient (Wildman–Crippen LogP) is 4.52. The monoisotopic (exact) mass is 467 g/mol. The standard InChI is InChI=1S/C28H29N5O2/c1-4-25(34)33-16-14-22(18-33)32(2)17-19-5-7-20(8-6-19)24-13-15-29-28-26(24)30-27(31-28)21-9-11-23(35-3)12-10-21/h4-13,15,22H,1,14,16-18H2,2-3H3,(H,29,30,31)/t22-/m0/s1. The van der Waals surface area contributed by atoms with Gasteiger partial charge in [0, 0.05) is 43.0 Å². The Labute approximate surface area is 205 Å². The minimum Gasteiger partial charge on any atom is -0.497 e. The van der Waals surface area contributed by atoms with Crippen LogP contribution in [0.25, 0.3) is 33.7 Å². The van der Waals surface area contributed by atoms with Crippen molar-refractivity contribution in [2.24, 2.45) is 0 Å². The number of rotatable bonds is 7. The smallest absolute Gasteiger partial charge is 0.246 e. The third-order valence-corrected chi connectivity index (χ3v) is 6.73.